The van der Waals surface area contributed by atoms with Gasteiger partial charge in [-0.1, -0.05) is 19.8 Å². The molecule has 110 valence electrons. The minimum atomic E-state index is -0.876. The number of rotatable bonds is 8. The summed E-state index contributed by atoms with van der Waals surface area (Å²) in [4.78, 5) is 22.8. The number of hydrogen-bond acceptors (Lipinski definition) is 3. The van der Waals surface area contributed by atoms with Gasteiger partial charge in [-0.25, -0.2) is 0 Å². The summed E-state index contributed by atoms with van der Waals surface area (Å²) in [6.45, 7) is 2.25. The molecule has 5 nitrogen and oxygen atoms in total. The number of amides is 1. The first-order chi connectivity index (χ1) is 8.97. The van der Waals surface area contributed by atoms with Gasteiger partial charge in [0.2, 0.25) is 5.91 Å². The second kappa shape index (κ2) is 7.62. The fourth-order valence-electron chi connectivity index (χ4n) is 2.71. The highest BCUT2D eigenvalue weighted by Gasteiger charge is 2.37. The molecule has 2 N–H and O–H groups in total. The second-order valence-electron chi connectivity index (χ2n) is 5.24. The molecule has 0 bridgehead atoms. The van der Waals surface area contributed by atoms with Crippen molar-refractivity contribution in [1.29, 1.82) is 0 Å². The van der Waals surface area contributed by atoms with Crippen LogP contribution in [0.4, 0.5) is 0 Å². The first-order valence-corrected chi connectivity index (χ1v) is 8.30. The van der Waals surface area contributed by atoms with Crippen molar-refractivity contribution in [2.24, 2.45) is 5.41 Å². The lowest BCUT2D eigenvalue weighted by Gasteiger charge is -2.26. The predicted molar refractivity (Wildman–Crippen MR) is 74.3 cm³/mol. The monoisotopic (exact) mass is 289 g/mol. The van der Waals surface area contributed by atoms with E-state index in [0.717, 1.165) is 25.7 Å². The van der Waals surface area contributed by atoms with Crippen molar-refractivity contribution in [2.75, 3.05) is 18.1 Å². The smallest absolute Gasteiger partial charge is 0.303 e. The van der Waals surface area contributed by atoms with Crippen LogP contribution in [-0.2, 0) is 20.4 Å². The van der Waals surface area contributed by atoms with Crippen LogP contribution in [0.25, 0.3) is 0 Å². The van der Waals surface area contributed by atoms with E-state index < -0.39 is 16.8 Å². The van der Waals surface area contributed by atoms with Gasteiger partial charge in [-0.15, -0.1) is 0 Å². The molecule has 0 aromatic rings. The van der Waals surface area contributed by atoms with Crippen molar-refractivity contribution in [3.8, 4) is 0 Å². The van der Waals surface area contributed by atoms with Gasteiger partial charge >= 0.3 is 5.97 Å². The van der Waals surface area contributed by atoms with Crippen LogP contribution in [0.1, 0.15) is 45.4 Å². The van der Waals surface area contributed by atoms with Crippen molar-refractivity contribution in [3.05, 3.63) is 0 Å². The van der Waals surface area contributed by atoms with E-state index in [2.05, 4.69) is 5.32 Å². The van der Waals surface area contributed by atoms with Crippen LogP contribution in [0, 0.1) is 5.41 Å². The zero-order valence-corrected chi connectivity index (χ0v) is 12.3. The fraction of sp³-hybridized carbons (Fsp3) is 0.846. The van der Waals surface area contributed by atoms with E-state index in [1.54, 1.807) is 0 Å². The maximum absolute atomic E-state index is 11.9. The molecule has 0 aliphatic heterocycles. The molecule has 0 radical (unpaired) electrons. The van der Waals surface area contributed by atoms with Gasteiger partial charge in [-0.2, -0.15) is 0 Å². The molecule has 1 aliphatic carbocycles. The molecule has 1 atom stereocenters. The summed E-state index contributed by atoms with van der Waals surface area (Å²) < 4.78 is 11.2. The third kappa shape index (κ3) is 5.72. The molecule has 1 fully saturated rings. The van der Waals surface area contributed by atoms with Crippen LogP contribution >= 0.6 is 0 Å². The van der Waals surface area contributed by atoms with E-state index in [0.29, 0.717) is 18.1 Å². The van der Waals surface area contributed by atoms with Gasteiger partial charge in [0.15, 0.2) is 0 Å². The number of carboxylic acid groups (broad SMARTS) is 1. The lowest BCUT2D eigenvalue weighted by Crippen LogP contribution is -2.34. The minimum Gasteiger partial charge on any atom is -0.481 e. The summed E-state index contributed by atoms with van der Waals surface area (Å²) >= 11 is 0. The Bertz CT molecular complexity index is 351. The molecule has 19 heavy (non-hydrogen) atoms. The van der Waals surface area contributed by atoms with Crippen molar-refractivity contribution in [2.45, 2.75) is 45.4 Å². The molecular formula is C13H23NO4S. The summed E-state index contributed by atoms with van der Waals surface area (Å²) in [6.07, 6.45) is 3.97. The van der Waals surface area contributed by atoms with Gasteiger partial charge < -0.3 is 10.4 Å². The van der Waals surface area contributed by atoms with Gasteiger partial charge in [-0.3, -0.25) is 13.8 Å². The van der Waals surface area contributed by atoms with Crippen LogP contribution in [0.3, 0.4) is 0 Å². The molecule has 6 heteroatoms. The number of carbonyl (C=O) groups is 2. The van der Waals surface area contributed by atoms with E-state index >= 15 is 0 Å². The Morgan fingerprint density at radius 2 is 1.89 bits per heavy atom. The van der Waals surface area contributed by atoms with Gasteiger partial charge in [0.1, 0.15) is 0 Å². The lowest BCUT2D eigenvalue weighted by atomic mass is 9.79. The first-order valence-electron chi connectivity index (χ1n) is 6.81. The molecule has 1 saturated carbocycles. The zero-order chi connectivity index (χ0) is 14.3. The molecule has 0 aromatic heterocycles. The normalized spacial score (nSPS) is 19.0. The summed E-state index contributed by atoms with van der Waals surface area (Å²) in [6, 6.07) is 0. The Morgan fingerprint density at radius 1 is 1.26 bits per heavy atom. The summed E-state index contributed by atoms with van der Waals surface area (Å²) in [5.41, 5.74) is -0.361. The van der Waals surface area contributed by atoms with Crippen LogP contribution in [0.2, 0.25) is 0 Å². The van der Waals surface area contributed by atoms with Gasteiger partial charge in [-0.05, 0) is 18.3 Å². The van der Waals surface area contributed by atoms with E-state index in [4.69, 9.17) is 5.11 Å². The fourth-order valence-corrected chi connectivity index (χ4v) is 3.33. The third-order valence-electron chi connectivity index (χ3n) is 3.70. The zero-order valence-electron chi connectivity index (χ0n) is 11.4. The van der Waals surface area contributed by atoms with E-state index in [-0.39, 0.29) is 24.2 Å². The van der Waals surface area contributed by atoms with Gasteiger partial charge in [0, 0.05) is 35.3 Å². The number of carboxylic acids is 1. The number of hydrogen-bond donors (Lipinski definition) is 2. The number of carbonyl (C=O) groups excluding carboxylic acids is 1. The number of nitrogens with one attached hydrogen (secondary N) is 1. The van der Waals surface area contributed by atoms with E-state index in [1.165, 1.54) is 0 Å². The molecule has 0 saturated heterocycles. The average molecular weight is 289 g/mol. The van der Waals surface area contributed by atoms with Crippen molar-refractivity contribution < 1.29 is 18.9 Å². The Balaban J connectivity index is 2.39. The SMILES string of the molecule is CCS(=O)CCNC(=O)CC1(CC(=O)O)CCCC1. The van der Waals surface area contributed by atoms with Crippen LogP contribution in [0.5, 0.6) is 0 Å². The number of aliphatic carboxylic acids is 1. The van der Waals surface area contributed by atoms with E-state index in [9.17, 15) is 13.8 Å². The maximum atomic E-state index is 11.9. The Labute approximate surface area is 116 Å². The Hall–Kier alpha value is -0.910. The largest absolute Gasteiger partial charge is 0.481 e. The van der Waals surface area contributed by atoms with Crippen molar-refractivity contribution in [3.63, 3.8) is 0 Å². The van der Waals surface area contributed by atoms with Crippen molar-refractivity contribution >= 4 is 22.7 Å². The van der Waals surface area contributed by atoms with E-state index in [1.807, 2.05) is 6.92 Å². The van der Waals surface area contributed by atoms with Crippen LogP contribution in [-0.4, -0.2) is 39.2 Å². The molecule has 1 aliphatic rings. The molecule has 0 aromatic carbocycles. The minimum absolute atomic E-state index is 0.0707. The third-order valence-corrected chi connectivity index (χ3v) is 5.00. The van der Waals surface area contributed by atoms with Gasteiger partial charge in [0.25, 0.3) is 0 Å². The summed E-state index contributed by atoms with van der Waals surface area (Å²) in [5.74, 6) is 0.116. The Morgan fingerprint density at radius 3 is 2.42 bits per heavy atom. The highest BCUT2D eigenvalue weighted by Crippen LogP contribution is 2.43. The second-order valence-corrected chi connectivity index (χ2v) is 7.10. The first kappa shape index (κ1) is 16.1. The molecule has 1 rings (SSSR count). The lowest BCUT2D eigenvalue weighted by molar-refractivity contribution is -0.140. The summed E-state index contributed by atoms with van der Waals surface area (Å²) in [5, 5.41) is 11.7. The standard InChI is InChI=1S/C13H23NO4S/c1-2-19(18)8-7-14-11(15)9-13(10-12(16)17)5-3-4-6-13/h2-10H2,1H3,(H,14,15)(H,16,17). The van der Waals surface area contributed by atoms with Crippen molar-refractivity contribution in [1.82, 2.24) is 5.32 Å². The molecule has 0 spiro atoms. The highest BCUT2D eigenvalue weighted by molar-refractivity contribution is 7.84. The molecule has 1 amide bonds. The molecular weight excluding hydrogens is 266 g/mol. The summed E-state index contributed by atoms with van der Waals surface area (Å²) in [7, 11) is -0.876. The highest BCUT2D eigenvalue weighted by atomic mass is 32.2. The Kier molecular flexibility index (Phi) is 6.48. The quantitative estimate of drug-likeness (QED) is 0.705. The topological polar surface area (TPSA) is 83.5 Å². The molecule has 0 heterocycles. The van der Waals surface area contributed by atoms with Gasteiger partial charge in [0.05, 0.1) is 6.42 Å². The van der Waals surface area contributed by atoms with Crippen LogP contribution < -0.4 is 5.32 Å². The molecule has 1 unspecified atom stereocenters. The maximum Gasteiger partial charge on any atom is 0.303 e. The average Bonchev–Trinajstić information content (AvgIpc) is 2.75. The van der Waals surface area contributed by atoms with Crippen LogP contribution in [0.15, 0.2) is 0 Å². The predicted octanol–water partition coefficient (Wildman–Crippen LogP) is 1.30.